The van der Waals surface area contributed by atoms with Gasteiger partial charge in [0.1, 0.15) is 6.04 Å². The first-order valence-electron chi connectivity index (χ1n) is 7.32. The minimum absolute atomic E-state index is 0.298. The standard InChI is InChI=1S/C17H15ClN2O3/c18-13-5-2-1-4-12(13)14-8-7-11(10-19-14)16(21)20-9-3-6-15(20)17(22)23/h1-2,4-5,7-8,10,15H,3,6,9H2,(H,22,23). The molecule has 23 heavy (non-hydrogen) atoms. The summed E-state index contributed by atoms with van der Waals surface area (Å²) < 4.78 is 0. The molecule has 6 heteroatoms. The van der Waals surface area contributed by atoms with Crippen LogP contribution >= 0.6 is 11.6 Å². The first kappa shape index (κ1) is 15.5. The first-order chi connectivity index (χ1) is 11.1. The summed E-state index contributed by atoms with van der Waals surface area (Å²) in [6.07, 6.45) is 2.66. The van der Waals surface area contributed by atoms with Crippen LogP contribution in [0.1, 0.15) is 23.2 Å². The summed E-state index contributed by atoms with van der Waals surface area (Å²) >= 11 is 6.14. The number of likely N-dealkylation sites (tertiary alicyclic amines) is 1. The minimum Gasteiger partial charge on any atom is -0.480 e. The van der Waals surface area contributed by atoms with Crippen molar-refractivity contribution in [3.05, 3.63) is 53.2 Å². The number of pyridine rings is 1. The summed E-state index contributed by atoms with van der Waals surface area (Å²) in [6.45, 7) is 0.460. The van der Waals surface area contributed by atoms with Gasteiger partial charge >= 0.3 is 5.97 Å². The van der Waals surface area contributed by atoms with Crippen LogP contribution in [0, 0.1) is 0 Å². The summed E-state index contributed by atoms with van der Waals surface area (Å²) in [5.41, 5.74) is 1.84. The maximum absolute atomic E-state index is 12.5. The number of hydrogen-bond acceptors (Lipinski definition) is 3. The molecule has 1 aromatic heterocycles. The van der Waals surface area contributed by atoms with Gasteiger partial charge in [0.15, 0.2) is 0 Å². The molecule has 1 N–H and O–H groups in total. The van der Waals surface area contributed by atoms with Crippen molar-refractivity contribution in [3.63, 3.8) is 0 Å². The van der Waals surface area contributed by atoms with Crippen molar-refractivity contribution >= 4 is 23.5 Å². The Labute approximate surface area is 138 Å². The van der Waals surface area contributed by atoms with E-state index in [1.165, 1.54) is 11.1 Å². The third kappa shape index (κ3) is 3.05. The molecule has 0 radical (unpaired) electrons. The molecule has 1 aromatic carbocycles. The number of halogens is 1. The zero-order valence-corrected chi connectivity index (χ0v) is 13.0. The van der Waals surface area contributed by atoms with E-state index in [2.05, 4.69) is 4.98 Å². The average Bonchev–Trinajstić information content (AvgIpc) is 3.05. The van der Waals surface area contributed by atoms with Gasteiger partial charge in [0.2, 0.25) is 0 Å². The third-order valence-corrected chi connectivity index (χ3v) is 4.29. The fraction of sp³-hybridized carbons (Fsp3) is 0.235. The Bertz CT molecular complexity index is 746. The highest BCUT2D eigenvalue weighted by Gasteiger charge is 2.34. The number of carbonyl (C=O) groups excluding carboxylic acids is 1. The van der Waals surface area contributed by atoms with Crippen LogP contribution in [0.25, 0.3) is 11.3 Å². The lowest BCUT2D eigenvalue weighted by Gasteiger charge is -2.21. The Hall–Kier alpha value is -2.40. The molecular formula is C17H15ClN2O3. The maximum Gasteiger partial charge on any atom is 0.326 e. The molecule has 1 unspecified atom stereocenters. The maximum atomic E-state index is 12.5. The molecule has 2 aromatic rings. The number of hydrogen-bond donors (Lipinski definition) is 1. The van der Waals surface area contributed by atoms with Crippen LogP contribution < -0.4 is 0 Å². The smallest absolute Gasteiger partial charge is 0.326 e. The van der Waals surface area contributed by atoms with Crippen molar-refractivity contribution in [2.75, 3.05) is 6.54 Å². The minimum atomic E-state index is -0.962. The van der Waals surface area contributed by atoms with E-state index < -0.39 is 12.0 Å². The molecule has 0 bridgehead atoms. The second-order valence-corrected chi connectivity index (χ2v) is 5.81. The number of benzene rings is 1. The highest BCUT2D eigenvalue weighted by Crippen LogP contribution is 2.26. The second kappa shape index (κ2) is 6.38. The van der Waals surface area contributed by atoms with Crippen molar-refractivity contribution < 1.29 is 14.7 Å². The van der Waals surface area contributed by atoms with Gasteiger partial charge in [0.25, 0.3) is 5.91 Å². The summed E-state index contributed by atoms with van der Waals surface area (Å²) in [4.78, 5) is 29.4. The largest absolute Gasteiger partial charge is 0.480 e. The molecule has 1 atom stereocenters. The molecule has 0 saturated carbocycles. The zero-order valence-electron chi connectivity index (χ0n) is 12.3. The number of aromatic nitrogens is 1. The monoisotopic (exact) mass is 330 g/mol. The molecule has 3 rings (SSSR count). The van der Waals surface area contributed by atoms with Crippen LogP contribution in [0.3, 0.4) is 0 Å². The molecule has 1 fully saturated rings. The molecule has 1 aliphatic heterocycles. The highest BCUT2D eigenvalue weighted by molar-refractivity contribution is 6.33. The summed E-state index contributed by atoms with van der Waals surface area (Å²) in [7, 11) is 0. The van der Waals surface area contributed by atoms with Gasteiger partial charge in [-0.3, -0.25) is 9.78 Å². The molecule has 0 spiro atoms. The number of carbonyl (C=O) groups is 2. The lowest BCUT2D eigenvalue weighted by Crippen LogP contribution is -2.40. The van der Waals surface area contributed by atoms with E-state index in [-0.39, 0.29) is 5.91 Å². The first-order valence-corrected chi connectivity index (χ1v) is 7.70. The highest BCUT2D eigenvalue weighted by atomic mass is 35.5. The Morgan fingerprint density at radius 1 is 1.22 bits per heavy atom. The van der Waals surface area contributed by atoms with Crippen LogP contribution in [0.15, 0.2) is 42.6 Å². The summed E-state index contributed by atoms with van der Waals surface area (Å²) in [5.74, 6) is -1.26. The van der Waals surface area contributed by atoms with Crippen LogP contribution in [0.5, 0.6) is 0 Å². The fourth-order valence-electron chi connectivity index (χ4n) is 2.78. The van der Waals surface area contributed by atoms with E-state index in [9.17, 15) is 14.7 Å². The number of rotatable bonds is 3. The van der Waals surface area contributed by atoms with Crippen molar-refractivity contribution in [1.82, 2.24) is 9.88 Å². The van der Waals surface area contributed by atoms with E-state index in [0.29, 0.717) is 35.7 Å². The van der Waals surface area contributed by atoms with E-state index in [0.717, 1.165) is 5.56 Å². The Morgan fingerprint density at radius 3 is 2.65 bits per heavy atom. The number of nitrogens with zero attached hydrogens (tertiary/aromatic N) is 2. The quantitative estimate of drug-likeness (QED) is 0.938. The van der Waals surface area contributed by atoms with E-state index >= 15 is 0 Å². The normalized spacial score (nSPS) is 17.3. The van der Waals surface area contributed by atoms with Crippen LogP contribution in [0.2, 0.25) is 5.02 Å². The van der Waals surface area contributed by atoms with Gasteiger partial charge in [0, 0.05) is 23.3 Å². The van der Waals surface area contributed by atoms with Crippen LogP contribution in [0.4, 0.5) is 0 Å². The number of carboxylic acids is 1. The summed E-state index contributed by atoms with van der Waals surface area (Å²) in [6, 6.07) is 9.97. The van der Waals surface area contributed by atoms with Crippen molar-refractivity contribution in [2.24, 2.45) is 0 Å². The van der Waals surface area contributed by atoms with Crippen molar-refractivity contribution in [3.8, 4) is 11.3 Å². The molecule has 1 saturated heterocycles. The van der Waals surface area contributed by atoms with Crippen molar-refractivity contribution in [1.29, 1.82) is 0 Å². The molecule has 0 aliphatic carbocycles. The van der Waals surface area contributed by atoms with E-state index in [4.69, 9.17) is 11.6 Å². The van der Waals surface area contributed by atoms with Gasteiger partial charge in [-0.25, -0.2) is 4.79 Å². The SMILES string of the molecule is O=C(O)C1CCCN1C(=O)c1ccc(-c2ccccc2Cl)nc1. The Balaban J connectivity index is 1.84. The molecule has 1 aliphatic rings. The average molecular weight is 331 g/mol. The van der Waals surface area contributed by atoms with Crippen LogP contribution in [-0.4, -0.2) is 39.5 Å². The van der Waals surface area contributed by atoms with Crippen LogP contribution in [-0.2, 0) is 4.79 Å². The lowest BCUT2D eigenvalue weighted by atomic mass is 10.1. The van der Waals surface area contributed by atoms with E-state index in [1.54, 1.807) is 18.2 Å². The van der Waals surface area contributed by atoms with Gasteiger partial charge < -0.3 is 10.0 Å². The molecule has 2 heterocycles. The van der Waals surface area contributed by atoms with Gasteiger partial charge in [-0.1, -0.05) is 29.8 Å². The molecule has 118 valence electrons. The van der Waals surface area contributed by atoms with Crippen molar-refractivity contribution in [2.45, 2.75) is 18.9 Å². The number of amides is 1. The Morgan fingerprint density at radius 2 is 2.00 bits per heavy atom. The Kier molecular flexibility index (Phi) is 4.30. The fourth-order valence-corrected chi connectivity index (χ4v) is 3.01. The third-order valence-electron chi connectivity index (χ3n) is 3.96. The zero-order chi connectivity index (χ0) is 16.4. The summed E-state index contributed by atoms with van der Waals surface area (Å²) in [5, 5.41) is 9.77. The van der Waals surface area contributed by atoms with Gasteiger partial charge in [0.05, 0.1) is 11.3 Å². The predicted molar refractivity (Wildman–Crippen MR) is 86.4 cm³/mol. The molecular weight excluding hydrogens is 316 g/mol. The topological polar surface area (TPSA) is 70.5 Å². The van der Waals surface area contributed by atoms with Gasteiger partial charge in [-0.2, -0.15) is 0 Å². The molecule has 5 nitrogen and oxygen atoms in total. The van der Waals surface area contributed by atoms with Gasteiger partial charge in [-0.15, -0.1) is 0 Å². The predicted octanol–water partition coefficient (Wildman–Crippen LogP) is 3.09. The molecule has 1 amide bonds. The number of aliphatic carboxylic acids is 1. The number of carboxylic acid groups (broad SMARTS) is 1. The van der Waals surface area contributed by atoms with Gasteiger partial charge in [-0.05, 0) is 31.0 Å². The lowest BCUT2D eigenvalue weighted by molar-refractivity contribution is -0.141. The second-order valence-electron chi connectivity index (χ2n) is 5.41. The van der Waals surface area contributed by atoms with E-state index in [1.807, 2.05) is 18.2 Å².